The zero-order valence-corrected chi connectivity index (χ0v) is 10.9. The molecule has 0 saturated heterocycles. The van der Waals surface area contributed by atoms with Crippen LogP contribution in [0.4, 0.5) is 14.5 Å². The van der Waals surface area contributed by atoms with Gasteiger partial charge >= 0.3 is 5.97 Å². The lowest BCUT2D eigenvalue weighted by Crippen LogP contribution is -2.06. The number of benzene rings is 1. The monoisotopic (exact) mass is 281 g/mol. The first-order valence-electron chi connectivity index (χ1n) is 5.90. The number of hydrogen-bond donors (Lipinski definition) is 1. The van der Waals surface area contributed by atoms with E-state index in [1.54, 1.807) is 13.0 Å². The van der Waals surface area contributed by atoms with Crippen molar-refractivity contribution in [3.8, 4) is 0 Å². The summed E-state index contributed by atoms with van der Waals surface area (Å²) in [4.78, 5) is 11.3. The van der Waals surface area contributed by atoms with Gasteiger partial charge in [-0.15, -0.1) is 0 Å². The number of rotatable bonds is 4. The van der Waals surface area contributed by atoms with Crippen LogP contribution in [0.15, 0.2) is 34.7 Å². The predicted molar refractivity (Wildman–Crippen MR) is 68.4 cm³/mol. The minimum Gasteiger partial charge on any atom is -0.463 e. The molecule has 1 atom stereocenters. The lowest BCUT2D eigenvalue weighted by molar-refractivity contribution is 0.0562. The van der Waals surface area contributed by atoms with Gasteiger partial charge in [0, 0.05) is 11.8 Å². The van der Waals surface area contributed by atoms with Gasteiger partial charge < -0.3 is 14.5 Å². The van der Waals surface area contributed by atoms with Crippen LogP contribution >= 0.6 is 0 Å². The number of carbonyl (C=O) groups is 1. The summed E-state index contributed by atoms with van der Waals surface area (Å²) in [5.74, 6) is -1.40. The Hall–Kier alpha value is -2.37. The fraction of sp³-hybridized carbons (Fsp3) is 0.214. The van der Waals surface area contributed by atoms with Gasteiger partial charge in [0.1, 0.15) is 17.4 Å². The summed E-state index contributed by atoms with van der Waals surface area (Å²) >= 11 is 0. The molecule has 1 unspecified atom stereocenters. The van der Waals surface area contributed by atoms with Crippen LogP contribution in [-0.2, 0) is 4.74 Å². The average molecular weight is 281 g/mol. The quantitative estimate of drug-likeness (QED) is 0.871. The topological polar surface area (TPSA) is 51.5 Å². The molecule has 0 fully saturated rings. The summed E-state index contributed by atoms with van der Waals surface area (Å²) in [6.45, 7) is 1.74. The Labute approximate surface area is 114 Å². The first kappa shape index (κ1) is 14.0. The minimum atomic E-state index is -0.672. The van der Waals surface area contributed by atoms with Crippen molar-refractivity contribution < 1.29 is 22.7 Å². The smallest absolute Gasteiger partial charge is 0.373 e. The molecule has 0 amide bonds. The molecule has 2 aromatic rings. The van der Waals surface area contributed by atoms with Crippen LogP contribution in [0, 0.1) is 11.6 Å². The lowest BCUT2D eigenvalue weighted by Gasteiger charge is -2.13. The van der Waals surface area contributed by atoms with E-state index in [-0.39, 0.29) is 17.5 Å². The first-order valence-corrected chi connectivity index (χ1v) is 5.90. The highest BCUT2D eigenvalue weighted by molar-refractivity contribution is 5.86. The molecule has 0 spiro atoms. The number of nitrogens with one attached hydrogen (secondary N) is 1. The van der Waals surface area contributed by atoms with Crippen molar-refractivity contribution in [2.45, 2.75) is 13.0 Å². The molecular formula is C14H13F2NO3. The second kappa shape index (κ2) is 5.73. The third-order valence-corrected chi connectivity index (χ3v) is 2.69. The number of methoxy groups -OCH3 is 1. The van der Waals surface area contributed by atoms with E-state index in [1.807, 2.05) is 0 Å². The van der Waals surface area contributed by atoms with Crippen LogP contribution in [0.3, 0.4) is 0 Å². The zero-order valence-electron chi connectivity index (χ0n) is 10.9. The molecule has 0 aliphatic heterocycles. The standard InChI is InChI=1S/C14H13F2NO3/c1-8(12-3-4-13(20-12)14(18)19-2)17-11-6-9(15)5-10(16)7-11/h3-8,17H,1-2H3. The molecule has 0 saturated carbocycles. The Morgan fingerprint density at radius 1 is 1.25 bits per heavy atom. The van der Waals surface area contributed by atoms with Gasteiger partial charge in [0.2, 0.25) is 5.76 Å². The van der Waals surface area contributed by atoms with Crippen molar-refractivity contribution in [3.05, 3.63) is 53.5 Å². The predicted octanol–water partition coefficient (Wildman–Crippen LogP) is 3.52. The van der Waals surface area contributed by atoms with E-state index < -0.39 is 17.6 Å². The average Bonchev–Trinajstić information content (AvgIpc) is 2.86. The summed E-state index contributed by atoms with van der Waals surface area (Å²) in [6.07, 6.45) is 0. The number of esters is 1. The Morgan fingerprint density at radius 3 is 2.50 bits per heavy atom. The summed E-state index contributed by atoms with van der Waals surface area (Å²) in [5.41, 5.74) is 0.283. The molecule has 20 heavy (non-hydrogen) atoms. The maximum Gasteiger partial charge on any atom is 0.373 e. The van der Waals surface area contributed by atoms with Crippen LogP contribution in [0.25, 0.3) is 0 Å². The van der Waals surface area contributed by atoms with Gasteiger partial charge in [-0.1, -0.05) is 0 Å². The third-order valence-electron chi connectivity index (χ3n) is 2.69. The fourth-order valence-electron chi connectivity index (χ4n) is 1.75. The van der Waals surface area contributed by atoms with Gasteiger partial charge in [-0.25, -0.2) is 13.6 Å². The second-order valence-corrected chi connectivity index (χ2v) is 4.22. The van der Waals surface area contributed by atoms with Gasteiger partial charge in [-0.05, 0) is 31.2 Å². The van der Waals surface area contributed by atoms with E-state index in [1.165, 1.54) is 25.3 Å². The van der Waals surface area contributed by atoms with Gasteiger partial charge in [0.25, 0.3) is 0 Å². The Kier molecular flexibility index (Phi) is 4.02. The number of hydrogen-bond acceptors (Lipinski definition) is 4. The fourth-order valence-corrected chi connectivity index (χ4v) is 1.75. The summed E-state index contributed by atoms with van der Waals surface area (Å²) in [5, 5.41) is 2.88. The van der Waals surface area contributed by atoms with Crippen LogP contribution in [-0.4, -0.2) is 13.1 Å². The highest BCUT2D eigenvalue weighted by atomic mass is 19.1. The normalized spacial score (nSPS) is 12.0. The highest BCUT2D eigenvalue weighted by Crippen LogP contribution is 2.22. The summed E-state index contributed by atoms with van der Waals surface area (Å²) in [7, 11) is 1.25. The van der Waals surface area contributed by atoms with Gasteiger partial charge in [-0.2, -0.15) is 0 Å². The van der Waals surface area contributed by atoms with Gasteiger partial charge in [0.05, 0.1) is 13.2 Å². The summed E-state index contributed by atoms with van der Waals surface area (Å²) < 4.78 is 36.0. The number of ether oxygens (including phenoxy) is 1. The maximum atomic E-state index is 13.1. The Bertz CT molecular complexity index is 604. The second-order valence-electron chi connectivity index (χ2n) is 4.22. The van der Waals surface area contributed by atoms with Crippen molar-refractivity contribution in [1.29, 1.82) is 0 Å². The van der Waals surface area contributed by atoms with Crippen LogP contribution < -0.4 is 5.32 Å². The molecule has 1 aromatic carbocycles. The maximum absolute atomic E-state index is 13.1. The Balaban J connectivity index is 2.13. The molecule has 0 radical (unpaired) electrons. The number of furan rings is 1. The van der Waals surface area contributed by atoms with Crippen molar-refractivity contribution >= 4 is 11.7 Å². The van der Waals surface area contributed by atoms with Crippen molar-refractivity contribution in [2.75, 3.05) is 12.4 Å². The van der Waals surface area contributed by atoms with E-state index in [9.17, 15) is 13.6 Å². The van der Waals surface area contributed by atoms with Crippen molar-refractivity contribution in [1.82, 2.24) is 0 Å². The molecule has 1 aromatic heterocycles. The molecule has 1 N–H and O–H groups in total. The molecule has 4 nitrogen and oxygen atoms in total. The largest absolute Gasteiger partial charge is 0.463 e. The molecular weight excluding hydrogens is 268 g/mol. The van der Waals surface area contributed by atoms with E-state index in [4.69, 9.17) is 4.42 Å². The van der Waals surface area contributed by atoms with Gasteiger partial charge in [-0.3, -0.25) is 0 Å². The SMILES string of the molecule is COC(=O)c1ccc(C(C)Nc2cc(F)cc(F)c2)o1. The van der Waals surface area contributed by atoms with E-state index >= 15 is 0 Å². The first-order chi connectivity index (χ1) is 9.49. The van der Waals surface area contributed by atoms with E-state index in [0.29, 0.717) is 5.76 Å². The number of halogens is 2. The number of anilines is 1. The van der Waals surface area contributed by atoms with Gasteiger partial charge in [0.15, 0.2) is 0 Å². The summed E-state index contributed by atoms with van der Waals surface area (Å²) in [6, 6.07) is 5.84. The molecule has 2 rings (SSSR count). The van der Waals surface area contributed by atoms with Crippen LogP contribution in [0.2, 0.25) is 0 Å². The molecule has 0 bridgehead atoms. The highest BCUT2D eigenvalue weighted by Gasteiger charge is 2.15. The molecule has 106 valence electrons. The van der Waals surface area contributed by atoms with Crippen molar-refractivity contribution in [3.63, 3.8) is 0 Å². The van der Waals surface area contributed by atoms with Crippen molar-refractivity contribution in [2.24, 2.45) is 0 Å². The van der Waals surface area contributed by atoms with E-state index in [0.717, 1.165) is 6.07 Å². The lowest BCUT2D eigenvalue weighted by atomic mass is 10.2. The molecule has 6 heteroatoms. The van der Waals surface area contributed by atoms with Crippen LogP contribution in [0.5, 0.6) is 0 Å². The number of carbonyl (C=O) groups excluding carboxylic acids is 1. The third kappa shape index (κ3) is 3.14. The van der Waals surface area contributed by atoms with E-state index in [2.05, 4.69) is 10.1 Å². The minimum absolute atomic E-state index is 0.0709. The molecule has 0 aliphatic rings. The Morgan fingerprint density at radius 2 is 1.90 bits per heavy atom. The zero-order chi connectivity index (χ0) is 14.7. The van der Waals surface area contributed by atoms with Crippen LogP contribution in [0.1, 0.15) is 29.3 Å². The molecule has 0 aliphatic carbocycles. The molecule has 1 heterocycles.